The quantitative estimate of drug-likeness (QED) is 0.840. The second-order valence-corrected chi connectivity index (χ2v) is 7.57. The van der Waals surface area contributed by atoms with Gasteiger partial charge in [-0.2, -0.15) is 0 Å². The van der Waals surface area contributed by atoms with Gasteiger partial charge in [0.15, 0.2) is 0 Å². The van der Waals surface area contributed by atoms with Crippen LogP contribution in [0.3, 0.4) is 0 Å². The fraction of sp³-hybridized carbons (Fsp3) is 0.938. The highest BCUT2D eigenvalue weighted by Crippen LogP contribution is 2.34. The van der Waals surface area contributed by atoms with Crippen molar-refractivity contribution in [2.24, 2.45) is 23.0 Å². The number of nitrogens with one attached hydrogen (secondary N) is 1. The number of halogens is 1. The molecule has 1 heterocycles. The van der Waals surface area contributed by atoms with Crippen molar-refractivity contribution in [1.29, 1.82) is 0 Å². The maximum absolute atomic E-state index is 12.2. The monoisotopic (exact) mass is 318 g/mol. The molecule has 2 aliphatic rings. The lowest BCUT2D eigenvalue weighted by molar-refractivity contribution is -0.126. The molecule has 4 unspecified atom stereocenters. The van der Waals surface area contributed by atoms with E-state index in [1.807, 2.05) is 0 Å². The van der Waals surface area contributed by atoms with Gasteiger partial charge in [0.2, 0.25) is 5.91 Å². The fourth-order valence-electron chi connectivity index (χ4n) is 3.64. The van der Waals surface area contributed by atoms with Crippen molar-refractivity contribution in [1.82, 2.24) is 5.32 Å². The zero-order chi connectivity index (χ0) is 14.8. The molecule has 1 saturated heterocycles. The first-order chi connectivity index (χ1) is 9.38. The molecule has 0 aromatic carbocycles. The minimum Gasteiger partial charge on any atom is -0.377 e. The molecular formula is C16H31ClN2O2. The number of ether oxygens (including phenoxy) is 1. The predicted octanol–water partition coefficient (Wildman–Crippen LogP) is 2.49. The first-order valence-corrected chi connectivity index (χ1v) is 8.03. The number of rotatable bonds is 3. The van der Waals surface area contributed by atoms with Gasteiger partial charge < -0.3 is 15.8 Å². The van der Waals surface area contributed by atoms with Crippen molar-refractivity contribution in [3.05, 3.63) is 0 Å². The zero-order valence-electron chi connectivity index (χ0n) is 13.6. The summed E-state index contributed by atoms with van der Waals surface area (Å²) in [5.74, 6) is 0.751. The summed E-state index contributed by atoms with van der Waals surface area (Å²) in [5, 5.41) is 3.14. The van der Waals surface area contributed by atoms with E-state index < -0.39 is 0 Å². The van der Waals surface area contributed by atoms with Crippen LogP contribution in [0.4, 0.5) is 0 Å². The Morgan fingerprint density at radius 1 is 1.29 bits per heavy atom. The molecule has 1 saturated carbocycles. The first-order valence-electron chi connectivity index (χ1n) is 8.03. The van der Waals surface area contributed by atoms with Gasteiger partial charge in [-0.15, -0.1) is 12.4 Å². The highest BCUT2D eigenvalue weighted by Gasteiger charge is 2.36. The normalized spacial score (nSPS) is 33.3. The van der Waals surface area contributed by atoms with Crippen molar-refractivity contribution in [3.63, 3.8) is 0 Å². The lowest BCUT2D eigenvalue weighted by Gasteiger charge is -2.40. The Balaban J connectivity index is 0.00000220. The Kier molecular flexibility index (Phi) is 6.95. The Hall–Kier alpha value is -0.320. The molecule has 0 spiro atoms. The Bertz CT molecular complexity index is 344. The standard InChI is InChI=1S/C16H30N2O2.ClH/c1-16(2,3)14-12(5-4-8-20-14)10-18-15(19)11-6-7-13(17)9-11;/h11-14H,4-10,17H2,1-3H3,(H,18,19);1H. The van der Waals surface area contributed by atoms with Crippen molar-refractivity contribution in [3.8, 4) is 0 Å². The van der Waals surface area contributed by atoms with E-state index in [4.69, 9.17) is 10.5 Å². The van der Waals surface area contributed by atoms with Crippen molar-refractivity contribution < 1.29 is 9.53 Å². The van der Waals surface area contributed by atoms with Crippen LogP contribution in [-0.2, 0) is 9.53 Å². The van der Waals surface area contributed by atoms with E-state index in [2.05, 4.69) is 26.1 Å². The van der Waals surface area contributed by atoms with Crippen LogP contribution in [-0.4, -0.2) is 31.2 Å². The summed E-state index contributed by atoms with van der Waals surface area (Å²) in [6.07, 6.45) is 5.25. The summed E-state index contributed by atoms with van der Waals surface area (Å²) in [7, 11) is 0. The zero-order valence-corrected chi connectivity index (χ0v) is 14.4. The van der Waals surface area contributed by atoms with E-state index in [0.717, 1.165) is 45.3 Å². The summed E-state index contributed by atoms with van der Waals surface area (Å²) in [4.78, 5) is 12.2. The molecular weight excluding hydrogens is 288 g/mol. The summed E-state index contributed by atoms with van der Waals surface area (Å²) < 4.78 is 5.96. The van der Waals surface area contributed by atoms with Gasteiger partial charge in [-0.1, -0.05) is 20.8 Å². The van der Waals surface area contributed by atoms with Gasteiger partial charge in [-0.05, 0) is 37.5 Å². The SMILES string of the molecule is CC(C)(C)C1OCCCC1CNC(=O)C1CCC(N)C1.Cl. The number of hydrogen-bond donors (Lipinski definition) is 2. The Morgan fingerprint density at radius 3 is 2.57 bits per heavy atom. The van der Waals surface area contributed by atoms with Crippen LogP contribution in [0, 0.1) is 17.3 Å². The molecule has 2 fully saturated rings. The smallest absolute Gasteiger partial charge is 0.223 e. The lowest BCUT2D eigenvalue weighted by Crippen LogP contribution is -2.46. The molecule has 3 N–H and O–H groups in total. The van der Waals surface area contributed by atoms with Crippen LogP contribution in [0.15, 0.2) is 0 Å². The average Bonchev–Trinajstić information content (AvgIpc) is 2.82. The molecule has 0 bridgehead atoms. The minimum atomic E-state index is 0. The number of nitrogens with two attached hydrogens (primary N) is 1. The van der Waals surface area contributed by atoms with Gasteiger partial charge >= 0.3 is 0 Å². The molecule has 5 heteroatoms. The van der Waals surface area contributed by atoms with Crippen LogP contribution in [0.1, 0.15) is 52.9 Å². The summed E-state index contributed by atoms with van der Waals surface area (Å²) in [6.45, 7) is 8.24. The third kappa shape index (κ3) is 5.11. The van der Waals surface area contributed by atoms with Crippen molar-refractivity contribution in [2.75, 3.05) is 13.2 Å². The van der Waals surface area contributed by atoms with Gasteiger partial charge in [-0.25, -0.2) is 0 Å². The molecule has 1 aliphatic carbocycles. The Labute approximate surface area is 135 Å². The van der Waals surface area contributed by atoms with E-state index in [1.54, 1.807) is 0 Å². The van der Waals surface area contributed by atoms with Gasteiger partial charge in [0.05, 0.1) is 6.10 Å². The second-order valence-electron chi connectivity index (χ2n) is 7.57. The van der Waals surface area contributed by atoms with E-state index in [9.17, 15) is 4.79 Å². The highest BCUT2D eigenvalue weighted by atomic mass is 35.5. The highest BCUT2D eigenvalue weighted by molar-refractivity contribution is 5.85. The molecule has 0 aromatic rings. The maximum Gasteiger partial charge on any atom is 0.223 e. The molecule has 21 heavy (non-hydrogen) atoms. The summed E-state index contributed by atoms with van der Waals surface area (Å²) in [6, 6.07) is 0.214. The molecule has 124 valence electrons. The van der Waals surface area contributed by atoms with Crippen molar-refractivity contribution >= 4 is 18.3 Å². The predicted molar refractivity (Wildman–Crippen MR) is 87.5 cm³/mol. The average molecular weight is 319 g/mol. The second kappa shape index (κ2) is 7.80. The summed E-state index contributed by atoms with van der Waals surface area (Å²) in [5.41, 5.74) is 6.01. The van der Waals surface area contributed by atoms with E-state index in [0.29, 0.717) is 5.92 Å². The molecule has 4 nitrogen and oxygen atoms in total. The van der Waals surface area contributed by atoms with Crippen LogP contribution in [0.2, 0.25) is 0 Å². The number of carbonyl (C=O) groups is 1. The first kappa shape index (κ1) is 18.7. The number of carbonyl (C=O) groups excluding carboxylic acids is 1. The molecule has 0 radical (unpaired) electrons. The van der Waals surface area contributed by atoms with Gasteiger partial charge in [0.1, 0.15) is 0 Å². The third-order valence-electron chi connectivity index (χ3n) is 4.68. The van der Waals surface area contributed by atoms with Crippen LogP contribution in [0.25, 0.3) is 0 Å². The van der Waals surface area contributed by atoms with E-state index in [1.165, 1.54) is 0 Å². The largest absolute Gasteiger partial charge is 0.377 e. The van der Waals surface area contributed by atoms with Crippen LogP contribution >= 0.6 is 12.4 Å². The summed E-state index contributed by atoms with van der Waals surface area (Å²) >= 11 is 0. The Morgan fingerprint density at radius 2 is 2.00 bits per heavy atom. The van der Waals surface area contributed by atoms with Crippen LogP contribution < -0.4 is 11.1 Å². The van der Waals surface area contributed by atoms with Crippen LogP contribution in [0.5, 0.6) is 0 Å². The van der Waals surface area contributed by atoms with E-state index in [-0.39, 0.29) is 41.8 Å². The molecule has 0 aromatic heterocycles. The molecule has 1 aliphatic heterocycles. The molecule has 4 atom stereocenters. The third-order valence-corrected chi connectivity index (χ3v) is 4.68. The maximum atomic E-state index is 12.2. The minimum absolute atomic E-state index is 0. The van der Waals surface area contributed by atoms with E-state index >= 15 is 0 Å². The van der Waals surface area contributed by atoms with Gasteiger partial charge in [0, 0.05) is 31.0 Å². The van der Waals surface area contributed by atoms with Gasteiger partial charge in [-0.3, -0.25) is 4.79 Å². The molecule has 2 rings (SSSR count). The fourth-order valence-corrected chi connectivity index (χ4v) is 3.64. The topological polar surface area (TPSA) is 64.3 Å². The molecule has 1 amide bonds. The number of amides is 1. The van der Waals surface area contributed by atoms with Crippen molar-refractivity contribution in [2.45, 2.75) is 65.0 Å². The number of hydrogen-bond acceptors (Lipinski definition) is 3. The lowest BCUT2D eigenvalue weighted by atomic mass is 9.78. The van der Waals surface area contributed by atoms with Gasteiger partial charge in [0.25, 0.3) is 0 Å².